The van der Waals surface area contributed by atoms with Crippen LogP contribution in [-0.4, -0.2) is 77.4 Å². The first-order chi connectivity index (χ1) is 28.6. The summed E-state index contributed by atoms with van der Waals surface area (Å²) in [6.07, 6.45) is -10.6. The van der Waals surface area contributed by atoms with Gasteiger partial charge in [0.2, 0.25) is 5.88 Å². The number of carbonyl (C=O) groups is 3. The van der Waals surface area contributed by atoms with Gasteiger partial charge in [0, 0.05) is 0 Å². The first-order valence-corrected chi connectivity index (χ1v) is 23.5. The van der Waals surface area contributed by atoms with Crippen LogP contribution < -0.4 is 25.2 Å². The molecule has 3 amide bonds. The summed E-state index contributed by atoms with van der Waals surface area (Å²) in [5.74, 6) is -1.60. The van der Waals surface area contributed by atoms with Crippen LogP contribution in [0.5, 0.6) is 11.6 Å². The number of hydrogen-bond donors (Lipinski definition) is 3. The number of benzene rings is 1. The maximum atomic E-state index is 12.2. The van der Waals surface area contributed by atoms with E-state index in [1.807, 2.05) is 10.6 Å². The SMILES string of the molecule is CI1OC(C)(C)c2ccccc21.COC(=O)N(O)c1cnc(Cl)c(Br)c1.COC(=O)Nc1cc(Br)c(Cl)nc1OC(F)(F)F.COC(=O)Nc1cnc(Cl)c(Br)c1OC(F)(F)F. The first-order valence-electron chi connectivity index (χ1n) is 15.8. The van der Waals surface area contributed by atoms with Crippen molar-refractivity contribution in [2.24, 2.45) is 0 Å². The van der Waals surface area contributed by atoms with E-state index in [4.69, 9.17) is 37.9 Å². The van der Waals surface area contributed by atoms with Gasteiger partial charge in [0.05, 0.1) is 52.8 Å². The maximum Gasteiger partial charge on any atom is 0.574 e. The quantitative estimate of drug-likeness (QED) is 0.0325. The normalized spacial score (nSPS) is 12.9. The minimum atomic E-state index is -4.96. The van der Waals surface area contributed by atoms with Crippen LogP contribution >= 0.6 is 103 Å². The summed E-state index contributed by atoms with van der Waals surface area (Å²) >= 11 is 24.3. The molecule has 3 N–H and O–H groups in total. The van der Waals surface area contributed by atoms with Gasteiger partial charge in [-0.05, 0) is 59.9 Å². The van der Waals surface area contributed by atoms with Gasteiger partial charge in [0.15, 0.2) is 5.75 Å². The molecule has 0 saturated carbocycles. The molecule has 0 aliphatic carbocycles. The Kier molecular flexibility index (Phi) is 21.2. The standard InChI is InChI=1S/C10H13IO.2C8H5BrClF3N2O3.C7H6BrClN2O3/c1-10(2)8-6-4-5-7-9(8)11(3)12-10;1-17-7(16)15-3-2-14-6(10)4(9)5(3)18-8(11,12)13;1-17-7(16)14-4-2-3(9)5(10)15-6(4)18-8(11,12)13;1-14-7(12)11(13)4-2-5(8)6(9)10-3-4/h4-7H,1-3H3;2H,1H3,(H,15,16);2H,1H3,(H,14,16);2-3,13H,1H3. The Morgan fingerprint density at radius 1 is 0.806 bits per heavy atom. The molecule has 1 aliphatic heterocycles. The molecular weight excluding hydrogens is 1230 g/mol. The third kappa shape index (κ3) is 17.3. The van der Waals surface area contributed by atoms with Crippen molar-refractivity contribution in [2.75, 3.05) is 42.0 Å². The van der Waals surface area contributed by atoms with E-state index in [-0.39, 0.29) is 47.1 Å². The zero-order valence-corrected chi connectivity index (χ0v) is 41.1. The number of carbonyl (C=O) groups excluding carboxylic acids is 3. The minimum Gasteiger partial charge on any atom is -0.453 e. The van der Waals surface area contributed by atoms with Crippen LogP contribution in [0.15, 0.2) is 62.2 Å². The van der Waals surface area contributed by atoms with Gasteiger partial charge in [-0.15, -0.1) is 26.3 Å². The summed E-state index contributed by atoms with van der Waals surface area (Å²) in [4.78, 5) is 45.7. The molecule has 29 heteroatoms. The fourth-order valence-corrected chi connectivity index (χ4v) is 9.98. The smallest absolute Gasteiger partial charge is 0.453 e. The second kappa shape index (κ2) is 24.1. The summed E-state index contributed by atoms with van der Waals surface area (Å²) in [7, 11) is 3.26. The molecule has 0 atom stereocenters. The Bertz CT molecular complexity index is 2210. The van der Waals surface area contributed by atoms with Crippen LogP contribution in [0.3, 0.4) is 0 Å². The molecule has 0 unspecified atom stereocenters. The largest absolute Gasteiger partial charge is 0.574 e. The Balaban J connectivity index is 0.000000288. The molecule has 3 aromatic heterocycles. The summed E-state index contributed by atoms with van der Waals surface area (Å²) in [6.45, 7) is 4.32. The molecule has 5 rings (SSSR count). The van der Waals surface area contributed by atoms with Crippen molar-refractivity contribution in [3.05, 3.63) is 86.8 Å². The number of alkyl halides is 7. The fourth-order valence-electron chi connectivity index (χ4n) is 4.08. The van der Waals surface area contributed by atoms with Gasteiger partial charge in [-0.3, -0.25) is 15.8 Å². The summed E-state index contributed by atoms with van der Waals surface area (Å²) in [5.41, 5.74) is 0.854. The van der Waals surface area contributed by atoms with Crippen LogP contribution in [0, 0.1) is 3.57 Å². The molecule has 16 nitrogen and oxygen atoms in total. The van der Waals surface area contributed by atoms with E-state index < -0.39 is 62.9 Å². The molecule has 0 spiro atoms. The van der Waals surface area contributed by atoms with Gasteiger partial charge in [-0.2, -0.15) is 10.0 Å². The van der Waals surface area contributed by atoms with Crippen molar-refractivity contribution in [1.82, 2.24) is 15.0 Å². The van der Waals surface area contributed by atoms with E-state index in [1.54, 1.807) is 0 Å². The number of nitrogens with one attached hydrogen (secondary N) is 2. The van der Waals surface area contributed by atoms with Crippen LogP contribution in [0.25, 0.3) is 0 Å². The number of amides is 3. The zero-order valence-electron chi connectivity index (χ0n) is 31.9. The number of anilines is 3. The number of nitrogens with zero attached hydrogens (tertiary/aromatic N) is 4. The van der Waals surface area contributed by atoms with Crippen molar-refractivity contribution in [1.29, 1.82) is 0 Å². The Labute approximate surface area is 395 Å². The van der Waals surface area contributed by atoms with E-state index >= 15 is 0 Å². The number of ether oxygens (including phenoxy) is 5. The van der Waals surface area contributed by atoms with Gasteiger partial charge in [0.1, 0.15) is 26.8 Å². The average Bonchev–Trinajstić information content (AvgIpc) is 3.43. The molecule has 4 heterocycles. The maximum absolute atomic E-state index is 12.2. The van der Waals surface area contributed by atoms with E-state index in [9.17, 15) is 45.9 Å². The van der Waals surface area contributed by atoms with E-state index in [2.05, 4.69) is 129 Å². The van der Waals surface area contributed by atoms with Gasteiger partial charge in [-0.25, -0.2) is 24.4 Å². The average molecular weight is 1260 g/mol. The fraction of sp³-hybridized carbons (Fsp3) is 0.273. The van der Waals surface area contributed by atoms with E-state index in [0.29, 0.717) is 9.54 Å². The molecule has 62 heavy (non-hydrogen) atoms. The molecule has 0 fully saturated rings. The Morgan fingerprint density at radius 3 is 1.85 bits per heavy atom. The number of fused-ring (bicyclic) bond motifs is 1. The van der Waals surface area contributed by atoms with Gasteiger partial charge >= 0.3 is 112 Å². The van der Waals surface area contributed by atoms with Gasteiger partial charge in [-0.1, -0.05) is 34.8 Å². The third-order valence-electron chi connectivity index (χ3n) is 6.60. The van der Waals surface area contributed by atoms with Crippen LogP contribution in [-0.2, 0) is 22.9 Å². The Morgan fingerprint density at radius 2 is 1.34 bits per heavy atom. The number of hydrogen-bond acceptors (Lipinski definition) is 13. The Hall–Kier alpha value is -3.38. The molecule has 0 bridgehead atoms. The minimum absolute atomic E-state index is 0.0316. The summed E-state index contributed by atoms with van der Waals surface area (Å²) in [5, 5.41) is 13.4. The van der Waals surface area contributed by atoms with Crippen molar-refractivity contribution in [3.8, 4) is 11.6 Å². The predicted molar refractivity (Wildman–Crippen MR) is 232 cm³/mol. The molecule has 0 saturated heterocycles. The summed E-state index contributed by atoms with van der Waals surface area (Å²) in [6, 6.07) is 11.2. The number of methoxy groups -OCH3 is 3. The van der Waals surface area contributed by atoms with Crippen molar-refractivity contribution >= 4 is 138 Å². The number of pyridine rings is 3. The topological polar surface area (TPSA) is 193 Å². The van der Waals surface area contributed by atoms with Crippen molar-refractivity contribution in [3.63, 3.8) is 0 Å². The molecule has 4 aromatic rings. The van der Waals surface area contributed by atoms with E-state index in [0.717, 1.165) is 33.6 Å². The van der Waals surface area contributed by atoms with Gasteiger partial charge < -0.3 is 23.7 Å². The van der Waals surface area contributed by atoms with Crippen molar-refractivity contribution in [2.45, 2.75) is 32.2 Å². The van der Waals surface area contributed by atoms with Gasteiger partial charge in [0.25, 0.3) is 0 Å². The summed E-state index contributed by atoms with van der Waals surface area (Å²) < 4.78 is 101. The number of aromatic nitrogens is 3. The number of hydroxylamine groups is 1. The zero-order chi connectivity index (χ0) is 47.3. The first kappa shape index (κ1) is 54.8. The van der Waals surface area contributed by atoms with Crippen molar-refractivity contribution < 1.29 is 72.7 Å². The molecule has 0 radical (unpaired) electrons. The molecule has 342 valence electrons. The molecule has 1 aromatic carbocycles. The third-order valence-corrected chi connectivity index (χ3v) is 14.4. The van der Waals surface area contributed by atoms with Crippen LogP contribution in [0.2, 0.25) is 15.5 Å². The molecular formula is C33H29Br3Cl3F6IN6O10. The van der Waals surface area contributed by atoms with Crippen LogP contribution in [0.1, 0.15) is 19.4 Å². The number of halogens is 13. The monoisotopic (exact) mass is 1250 g/mol. The second-order valence-electron chi connectivity index (χ2n) is 11.3. The van der Waals surface area contributed by atoms with E-state index in [1.165, 1.54) is 21.4 Å². The number of rotatable bonds is 5. The molecule has 1 aliphatic rings. The second-order valence-corrected chi connectivity index (χ2v) is 18.9. The van der Waals surface area contributed by atoms with Crippen LogP contribution in [0.4, 0.5) is 57.8 Å². The predicted octanol–water partition coefficient (Wildman–Crippen LogP) is 12.8.